The minimum atomic E-state index is -1.11. The first-order chi connectivity index (χ1) is 8.50. The van der Waals surface area contributed by atoms with E-state index in [1.54, 1.807) is 4.90 Å². The van der Waals surface area contributed by atoms with Gasteiger partial charge in [0, 0.05) is 12.6 Å². The number of amides is 1. The highest BCUT2D eigenvalue weighted by Gasteiger charge is 2.31. The van der Waals surface area contributed by atoms with Gasteiger partial charge in [-0.05, 0) is 13.8 Å². The molecular weight excluding hydrogens is 238 g/mol. The van der Waals surface area contributed by atoms with E-state index in [0.29, 0.717) is 13.2 Å². The highest BCUT2D eigenvalue weighted by atomic mass is 16.5. The second-order valence-electron chi connectivity index (χ2n) is 4.32. The molecule has 2 heterocycles. The van der Waals surface area contributed by atoms with Crippen LogP contribution in [0.15, 0.2) is 16.7 Å². The number of nitrogens with zero attached hydrogens (tertiary/aromatic N) is 1. The highest BCUT2D eigenvalue weighted by molar-refractivity contribution is 5.95. The van der Waals surface area contributed by atoms with Crippen molar-refractivity contribution in [1.29, 1.82) is 0 Å². The second kappa shape index (κ2) is 4.81. The molecule has 0 radical (unpaired) electrons. The number of carboxylic acids is 1. The predicted molar refractivity (Wildman–Crippen MR) is 61.6 cm³/mol. The Bertz CT molecular complexity index is 467. The number of carbonyl (C=O) groups is 2. The molecular formula is C12H15NO5. The Morgan fingerprint density at radius 2 is 2.17 bits per heavy atom. The summed E-state index contributed by atoms with van der Waals surface area (Å²) in [6.45, 7) is 4.74. The van der Waals surface area contributed by atoms with E-state index in [1.807, 2.05) is 13.8 Å². The molecule has 2 rings (SSSR count). The van der Waals surface area contributed by atoms with Crippen molar-refractivity contribution in [3.8, 4) is 0 Å². The van der Waals surface area contributed by atoms with E-state index in [1.165, 1.54) is 6.07 Å². The Morgan fingerprint density at radius 1 is 1.44 bits per heavy atom. The summed E-state index contributed by atoms with van der Waals surface area (Å²) < 4.78 is 10.4. The van der Waals surface area contributed by atoms with Crippen molar-refractivity contribution >= 4 is 11.9 Å². The van der Waals surface area contributed by atoms with Crippen LogP contribution in [0.4, 0.5) is 0 Å². The molecule has 1 aromatic rings. The van der Waals surface area contributed by atoms with Crippen LogP contribution in [0.25, 0.3) is 0 Å². The van der Waals surface area contributed by atoms with E-state index >= 15 is 0 Å². The predicted octanol–water partition coefficient (Wildman–Crippen LogP) is 1.23. The van der Waals surface area contributed by atoms with Crippen molar-refractivity contribution in [2.45, 2.75) is 26.0 Å². The van der Waals surface area contributed by atoms with Crippen LogP contribution in [0, 0.1) is 0 Å². The number of morpholine rings is 1. The molecule has 0 bridgehead atoms. The Kier molecular flexibility index (Phi) is 3.38. The minimum absolute atomic E-state index is 0.0210. The summed E-state index contributed by atoms with van der Waals surface area (Å²) in [6, 6.07) is 1.18. The fourth-order valence-electron chi connectivity index (χ4n) is 1.92. The Labute approximate surface area is 104 Å². The van der Waals surface area contributed by atoms with Crippen molar-refractivity contribution in [3.63, 3.8) is 0 Å². The third-order valence-corrected chi connectivity index (χ3v) is 3.20. The van der Waals surface area contributed by atoms with Gasteiger partial charge in [0.15, 0.2) is 5.76 Å². The summed E-state index contributed by atoms with van der Waals surface area (Å²) >= 11 is 0. The quantitative estimate of drug-likeness (QED) is 0.857. The number of ether oxygens (including phenoxy) is 1. The first kappa shape index (κ1) is 12.6. The van der Waals surface area contributed by atoms with Crippen LogP contribution in [0.1, 0.15) is 34.8 Å². The molecule has 1 N–H and O–H groups in total. The normalized spacial score (nSPS) is 24.0. The van der Waals surface area contributed by atoms with E-state index in [2.05, 4.69) is 0 Å². The van der Waals surface area contributed by atoms with E-state index in [9.17, 15) is 9.59 Å². The fourth-order valence-corrected chi connectivity index (χ4v) is 1.92. The van der Waals surface area contributed by atoms with Crippen LogP contribution in [-0.4, -0.2) is 47.2 Å². The van der Waals surface area contributed by atoms with Gasteiger partial charge in [-0.15, -0.1) is 0 Å². The lowest BCUT2D eigenvalue weighted by atomic mass is 10.1. The molecule has 1 amide bonds. The van der Waals surface area contributed by atoms with Gasteiger partial charge in [0.05, 0.1) is 24.3 Å². The zero-order chi connectivity index (χ0) is 13.3. The summed E-state index contributed by atoms with van der Waals surface area (Å²) in [5.74, 6) is -1.36. The molecule has 6 nitrogen and oxygen atoms in total. The SMILES string of the molecule is CC1OCCN(C(=O)c2cc(C(=O)O)co2)C1C. The van der Waals surface area contributed by atoms with Gasteiger partial charge in [-0.2, -0.15) is 0 Å². The summed E-state index contributed by atoms with van der Waals surface area (Å²) in [5.41, 5.74) is -0.0210. The second-order valence-corrected chi connectivity index (χ2v) is 4.32. The van der Waals surface area contributed by atoms with Gasteiger partial charge in [0.25, 0.3) is 5.91 Å². The Morgan fingerprint density at radius 3 is 2.78 bits per heavy atom. The van der Waals surface area contributed by atoms with Crippen LogP contribution in [0.2, 0.25) is 0 Å². The van der Waals surface area contributed by atoms with Gasteiger partial charge in [0.1, 0.15) is 6.26 Å². The molecule has 1 fully saturated rings. The molecule has 0 saturated carbocycles. The Hall–Kier alpha value is -1.82. The molecule has 0 aromatic carbocycles. The first-order valence-electron chi connectivity index (χ1n) is 5.75. The number of carbonyl (C=O) groups excluding carboxylic acids is 1. The van der Waals surface area contributed by atoms with E-state index in [-0.39, 0.29) is 29.4 Å². The van der Waals surface area contributed by atoms with E-state index in [4.69, 9.17) is 14.3 Å². The van der Waals surface area contributed by atoms with Crippen molar-refractivity contribution in [3.05, 3.63) is 23.7 Å². The number of rotatable bonds is 2. The van der Waals surface area contributed by atoms with Crippen LogP contribution >= 0.6 is 0 Å². The maximum absolute atomic E-state index is 12.2. The molecule has 2 unspecified atom stereocenters. The molecule has 1 saturated heterocycles. The lowest BCUT2D eigenvalue weighted by molar-refractivity contribution is -0.0449. The molecule has 0 aliphatic carbocycles. The third-order valence-electron chi connectivity index (χ3n) is 3.20. The number of aromatic carboxylic acids is 1. The van der Waals surface area contributed by atoms with Gasteiger partial charge in [0.2, 0.25) is 0 Å². The zero-order valence-corrected chi connectivity index (χ0v) is 10.3. The van der Waals surface area contributed by atoms with Crippen LogP contribution in [0.3, 0.4) is 0 Å². The fraction of sp³-hybridized carbons (Fsp3) is 0.500. The van der Waals surface area contributed by atoms with Crippen LogP contribution < -0.4 is 0 Å². The topological polar surface area (TPSA) is 80.0 Å². The maximum atomic E-state index is 12.2. The number of hydrogen-bond acceptors (Lipinski definition) is 4. The highest BCUT2D eigenvalue weighted by Crippen LogP contribution is 2.18. The Balaban J connectivity index is 2.17. The van der Waals surface area contributed by atoms with Gasteiger partial charge >= 0.3 is 5.97 Å². The zero-order valence-electron chi connectivity index (χ0n) is 10.3. The summed E-state index contributed by atoms with van der Waals surface area (Å²) in [4.78, 5) is 24.5. The molecule has 2 atom stereocenters. The molecule has 1 aliphatic rings. The maximum Gasteiger partial charge on any atom is 0.338 e. The van der Waals surface area contributed by atoms with Crippen LogP contribution in [-0.2, 0) is 4.74 Å². The molecule has 98 valence electrons. The first-order valence-corrected chi connectivity index (χ1v) is 5.75. The number of carboxylic acid groups (broad SMARTS) is 1. The molecule has 1 aromatic heterocycles. The standard InChI is InChI=1S/C12H15NO5/c1-7-8(2)17-4-3-13(7)11(14)10-5-9(6-18-10)12(15)16/h5-8H,3-4H2,1-2H3,(H,15,16). The monoisotopic (exact) mass is 253 g/mol. The average Bonchev–Trinajstić information content (AvgIpc) is 2.81. The average molecular weight is 253 g/mol. The van der Waals surface area contributed by atoms with Gasteiger partial charge < -0.3 is 19.2 Å². The smallest absolute Gasteiger partial charge is 0.338 e. The summed E-state index contributed by atoms with van der Waals surface area (Å²) in [7, 11) is 0. The number of furan rings is 1. The molecule has 6 heteroatoms. The van der Waals surface area contributed by atoms with E-state index < -0.39 is 5.97 Å². The largest absolute Gasteiger partial charge is 0.478 e. The number of hydrogen-bond donors (Lipinski definition) is 1. The summed E-state index contributed by atoms with van der Waals surface area (Å²) in [6.07, 6.45) is 1.03. The van der Waals surface area contributed by atoms with Gasteiger partial charge in [-0.3, -0.25) is 4.79 Å². The molecule has 18 heavy (non-hydrogen) atoms. The lowest BCUT2D eigenvalue weighted by Crippen LogP contribution is -2.51. The minimum Gasteiger partial charge on any atom is -0.478 e. The van der Waals surface area contributed by atoms with Crippen molar-refractivity contribution in [2.75, 3.05) is 13.2 Å². The molecule has 1 aliphatic heterocycles. The third kappa shape index (κ3) is 2.24. The van der Waals surface area contributed by atoms with Crippen molar-refractivity contribution in [1.82, 2.24) is 4.90 Å². The van der Waals surface area contributed by atoms with Crippen molar-refractivity contribution in [2.24, 2.45) is 0 Å². The van der Waals surface area contributed by atoms with Crippen LogP contribution in [0.5, 0.6) is 0 Å². The van der Waals surface area contributed by atoms with E-state index in [0.717, 1.165) is 6.26 Å². The van der Waals surface area contributed by atoms with Gasteiger partial charge in [-0.25, -0.2) is 4.79 Å². The molecule has 0 spiro atoms. The van der Waals surface area contributed by atoms with Gasteiger partial charge in [-0.1, -0.05) is 0 Å². The summed E-state index contributed by atoms with van der Waals surface area (Å²) in [5, 5.41) is 8.78. The van der Waals surface area contributed by atoms with Crippen molar-refractivity contribution < 1.29 is 23.8 Å². The lowest BCUT2D eigenvalue weighted by Gasteiger charge is -2.37.